The molecule has 15 heavy (non-hydrogen) atoms. The molecule has 0 fully saturated rings. The summed E-state index contributed by atoms with van der Waals surface area (Å²) in [6.07, 6.45) is 4.69. The van der Waals surface area contributed by atoms with Gasteiger partial charge in [0, 0.05) is 11.6 Å². The number of ether oxygens (including phenoxy) is 1. The number of aryl methyl sites for hydroxylation is 1. The molecule has 0 aliphatic carbocycles. The predicted molar refractivity (Wildman–Crippen MR) is 64.5 cm³/mol. The lowest BCUT2D eigenvalue weighted by Crippen LogP contribution is -1.97. The first kappa shape index (κ1) is 12.1. The molecule has 0 aliphatic rings. The third kappa shape index (κ3) is 3.94. The van der Waals surface area contributed by atoms with Crippen LogP contribution in [-0.4, -0.2) is 13.2 Å². The molecule has 0 unspecified atom stereocenters. The summed E-state index contributed by atoms with van der Waals surface area (Å²) in [5, 5.41) is 0.794. The Morgan fingerprint density at radius 3 is 2.87 bits per heavy atom. The Hall–Kier alpha value is -0.990. The Bertz CT molecular complexity index is 336. The van der Waals surface area contributed by atoms with E-state index in [4.69, 9.17) is 22.1 Å². The van der Waals surface area contributed by atoms with Gasteiger partial charge in [0.05, 0.1) is 0 Å². The molecule has 0 amide bonds. The summed E-state index contributed by atoms with van der Waals surface area (Å²) in [6, 6.07) is 5.71. The highest BCUT2D eigenvalue weighted by Crippen LogP contribution is 2.22. The monoisotopic (exact) mass is 225 g/mol. The van der Waals surface area contributed by atoms with E-state index >= 15 is 0 Å². The summed E-state index contributed by atoms with van der Waals surface area (Å²) in [7, 11) is 0. The van der Waals surface area contributed by atoms with E-state index in [0.29, 0.717) is 13.2 Å². The summed E-state index contributed by atoms with van der Waals surface area (Å²) in [4.78, 5) is 0. The average molecular weight is 226 g/mol. The largest absolute Gasteiger partial charge is 0.490 e. The van der Waals surface area contributed by atoms with E-state index in [2.05, 4.69) is 6.92 Å². The molecule has 2 N–H and O–H groups in total. The molecule has 3 heteroatoms. The fraction of sp³-hybridized carbons (Fsp3) is 0.333. The number of benzene rings is 1. The maximum atomic E-state index is 5.99. The Labute approximate surface area is 95.7 Å². The zero-order valence-electron chi connectivity index (χ0n) is 8.87. The van der Waals surface area contributed by atoms with Crippen LogP contribution in [-0.2, 0) is 6.42 Å². The minimum atomic E-state index is 0.544. The Morgan fingerprint density at radius 1 is 1.40 bits per heavy atom. The quantitative estimate of drug-likeness (QED) is 0.783. The van der Waals surface area contributed by atoms with Gasteiger partial charge < -0.3 is 10.5 Å². The summed E-state index contributed by atoms with van der Waals surface area (Å²) in [6.45, 7) is 3.16. The van der Waals surface area contributed by atoms with Crippen LogP contribution >= 0.6 is 11.6 Å². The van der Waals surface area contributed by atoms with Gasteiger partial charge in [-0.2, -0.15) is 0 Å². The maximum Gasteiger partial charge on any atom is 0.120 e. The third-order valence-electron chi connectivity index (χ3n) is 2.05. The normalized spacial score (nSPS) is 10.9. The first-order valence-electron chi connectivity index (χ1n) is 5.04. The zero-order chi connectivity index (χ0) is 11.1. The van der Waals surface area contributed by atoms with Crippen LogP contribution < -0.4 is 10.5 Å². The fourth-order valence-electron chi connectivity index (χ4n) is 1.22. The summed E-state index contributed by atoms with van der Waals surface area (Å²) >= 11 is 5.99. The van der Waals surface area contributed by atoms with Crippen molar-refractivity contribution in [3.05, 3.63) is 40.9 Å². The van der Waals surface area contributed by atoms with Crippen molar-refractivity contribution in [1.29, 1.82) is 0 Å². The molecule has 0 heterocycles. The highest BCUT2D eigenvalue weighted by molar-refractivity contribution is 6.31. The molecule has 0 aliphatic heterocycles. The number of nitrogens with two attached hydrogens (primary N) is 1. The minimum absolute atomic E-state index is 0.544. The van der Waals surface area contributed by atoms with Gasteiger partial charge in [-0.25, -0.2) is 0 Å². The van der Waals surface area contributed by atoms with Crippen LogP contribution in [0.15, 0.2) is 30.4 Å². The van der Waals surface area contributed by atoms with Crippen molar-refractivity contribution in [3.63, 3.8) is 0 Å². The third-order valence-corrected chi connectivity index (χ3v) is 2.42. The van der Waals surface area contributed by atoms with Crippen molar-refractivity contribution in [2.24, 2.45) is 5.73 Å². The van der Waals surface area contributed by atoms with Crippen molar-refractivity contribution >= 4 is 11.6 Å². The Kier molecular flexibility index (Phi) is 5.22. The molecule has 0 bridgehead atoms. The minimum Gasteiger partial charge on any atom is -0.490 e. The van der Waals surface area contributed by atoms with E-state index in [9.17, 15) is 0 Å². The molecule has 0 aromatic heterocycles. The average Bonchev–Trinajstić information content (AvgIpc) is 2.26. The number of hydrogen-bond acceptors (Lipinski definition) is 2. The standard InChI is InChI=1S/C12H16ClNO/c1-2-10-9-11(5-6-12(10)13)15-8-4-3-7-14/h3-6,9H,2,7-8,14H2,1H3. The molecule has 0 atom stereocenters. The summed E-state index contributed by atoms with van der Waals surface area (Å²) in [5.41, 5.74) is 6.42. The lowest BCUT2D eigenvalue weighted by atomic mass is 10.1. The van der Waals surface area contributed by atoms with E-state index < -0.39 is 0 Å². The molecule has 2 nitrogen and oxygen atoms in total. The Balaban J connectivity index is 2.58. The summed E-state index contributed by atoms with van der Waals surface area (Å²) < 4.78 is 5.50. The van der Waals surface area contributed by atoms with Crippen molar-refractivity contribution in [2.75, 3.05) is 13.2 Å². The molecular weight excluding hydrogens is 210 g/mol. The van der Waals surface area contributed by atoms with E-state index in [1.807, 2.05) is 30.4 Å². The van der Waals surface area contributed by atoms with E-state index in [1.165, 1.54) is 0 Å². The number of rotatable bonds is 5. The van der Waals surface area contributed by atoms with Crippen LogP contribution in [0.25, 0.3) is 0 Å². The molecule has 1 rings (SSSR count). The van der Waals surface area contributed by atoms with Gasteiger partial charge in [-0.15, -0.1) is 0 Å². The van der Waals surface area contributed by atoms with Gasteiger partial charge in [0.25, 0.3) is 0 Å². The van der Waals surface area contributed by atoms with Crippen LogP contribution in [0.4, 0.5) is 0 Å². The van der Waals surface area contributed by atoms with Crippen molar-refractivity contribution in [2.45, 2.75) is 13.3 Å². The van der Waals surface area contributed by atoms with E-state index in [1.54, 1.807) is 0 Å². The fourth-order valence-corrected chi connectivity index (χ4v) is 1.47. The van der Waals surface area contributed by atoms with Crippen LogP contribution in [0.3, 0.4) is 0 Å². The van der Waals surface area contributed by atoms with Crippen molar-refractivity contribution in [3.8, 4) is 5.75 Å². The van der Waals surface area contributed by atoms with E-state index in [-0.39, 0.29) is 0 Å². The van der Waals surface area contributed by atoms with Gasteiger partial charge in [0.1, 0.15) is 12.4 Å². The van der Waals surface area contributed by atoms with Gasteiger partial charge in [-0.3, -0.25) is 0 Å². The van der Waals surface area contributed by atoms with Gasteiger partial charge in [0.2, 0.25) is 0 Å². The molecule has 0 radical (unpaired) electrons. The summed E-state index contributed by atoms with van der Waals surface area (Å²) in [5.74, 6) is 0.845. The highest BCUT2D eigenvalue weighted by Gasteiger charge is 1.99. The van der Waals surface area contributed by atoms with Crippen molar-refractivity contribution in [1.82, 2.24) is 0 Å². The lowest BCUT2D eigenvalue weighted by molar-refractivity contribution is 0.362. The second-order valence-corrected chi connectivity index (χ2v) is 3.53. The van der Waals surface area contributed by atoms with Crippen LogP contribution in [0.1, 0.15) is 12.5 Å². The lowest BCUT2D eigenvalue weighted by Gasteiger charge is -2.06. The molecule has 0 saturated carbocycles. The van der Waals surface area contributed by atoms with Gasteiger partial charge in [0.15, 0.2) is 0 Å². The van der Waals surface area contributed by atoms with Crippen LogP contribution in [0, 0.1) is 0 Å². The first-order chi connectivity index (χ1) is 7.27. The second-order valence-electron chi connectivity index (χ2n) is 3.12. The number of halogens is 1. The van der Waals surface area contributed by atoms with Gasteiger partial charge in [-0.05, 0) is 30.2 Å². The topological polar surface area (TPSA) is 35.2 Å². The SMILES string of the molecule is CCc1cc(OCC=CCN)ccc1Cl. The maximum absolute atomic E-state index is 5.99. The molecule has 0 saturated heterocycles. The van der Waals surface area contributed by atoms with Gasteiger partial charge in [-0.1, -0.05) is 30.7 Å². The molecule has 1 aromatic rings. The zero-order valence-corrected chi connectivity index (χ0v) is 9.63. The van der Waals surface area contributed by atoms with Gasteiger partial charge >= 0.3 is 0 Å². The van der Waals surface area contributed by atoms with Crippen LogP contribution in [0.5, 0.6) is 5.75 Å². The molecule has 0 spiro atoms. The predicted octanol–water partition coefficient (Wildman–Crippen LogP) is 2.80. The first-order valence-corrected chi connectivity index (χ1v) is 5.42. The number of hydrogen-bond donors (Lipinski definition) is 1. The second kappa shape index (κ2) is 6.49. The molecule has 1 aromatic carbocycles. The Morgan fingerprint density at radius 2 is 2.20 bits per heavy atom. The molecular formula is C12H16ClNO. The van der Waals surface area contributed by atoms with Crippen LogP contribution in [0.2, 0.25) is 5.02 Å². The smallest absolute Gasteiger partial charge is 0.120 e. The van der Waals surface area contributed by atoms with E-state index in [0.717, 1.165) is 22.8 Å². The van der Waals surface area contributed by atoms with Crippen molar-refractivity contribution < 1.29 is 4.74 Å². The highest BCUT2D eigenvalue weighted by atomic mass is 35.5. The molecule has 82 valence electrons.